The first-order valence-corrected chi connectivity index (χ1v) is 8.07. The molecular weight excluding hydrogens is 216 g/mol. The fourth-order valence-electron chi connectivity index (χ4n) is 3.06. The topological polar surface area (TPSA) is 15.3 Å². The number of hydrogen-bond acceptors (Lipinski definition) is 3. The van der Waals surface area contributed by atoms with Crippen molar-refractivity contribution in [1.82, 2.24) is 10.2 Å². The maximum absolute atomic E-state index is 3.71. The molecule has 2 aliphatic carbocycles. The molecular formula is C13H24N2S. The minimum Gasteiger partial charge on any atom is -0.314 e. The molecule has 0 radical (unpaired) electrons. The zero-order valence-electron chi connectivity index (χ0n) is 10.3. The second-order valence-corrected chi connectivity index (χ2v) is 6.90. The summed E-state index contributed by atoms with van der Waals surface area (Å²) < 4.78 is 0. The molecule has 3 rings (SSSR count). The van der Waals surface area contributed by atoms with Crippen molar-refractivity contribution in [2.45, 2.75) is 50.7 Å². The molecule has 1 N–H and O–H groups in total. The highest BCUT2D eigenvalue weighted by Gasteiger charge is 2.38. The maximum atomic E-state index is 3.71. The molecule has 1 saturated heterocycles. The van der Waals surface area contributed by atoms with Crippen molar-refractivity contribution < 1.29 is 0 Å². The van der Waals surface area contributed by atoms with Gasteiger partial charge >= 0.3 is 0 Å². The van der Waals surface area contributed by atoms with Crippen molar-refractivity contribution in [1.29, 1.82) is 0 Å². The monoisotopic (exact) mass is 240 g/mol. The molecule has 1 aliphatic heterocycles. The Labute approximate surface area is 104 Å². The summed E-state index contributed by atoms with van der Waals surface area (Å²) in [7, 11) is 0. The van der Waals surface area contributed by atoms with Crippen LogP contribution in [0.2, 0.25) is 0 Å². The number of nitrogens with one attached hydrogen (secondary N) is 1. The molecule has 0 bridgehead atoms. The minimum atomic E-state index is 0.812. The van der Waals surface area contributed by atoms with Gasteiger partial charge in [-0.25, -0.2) is 0 Å². The second-order valence-electron chi connectivity index (χ2n) is 5.75. The van der Waals surface area contributed by atoms with E-state index in [1.165, 1.54) is 50.3 Å². The molecule has 3 unspecified atom stereocenters. The lowest BCUT2D eigenvalue weighted by molar-refractivity contribution is 0.0420. The number of rotatable bonds is 4. The molecule has 3 heteroatoms. The first-order valence-electron chi connectivity index (χ1n) is 6.91. The lowest BCUT2D eigenvalue weighted by Crippen LogP contribution is -2.56. The van der Waals surface area contributed by atoms with E-state index >= 15 is 0 Å². The van der Waals surface area contributed by atoms with Gasteiger partial charge in [0.15, 0.2) is 0 Å². The summed E-state index contributed by atoms with van der Waals surface area (Å²) in [5.41, 5.74) is 0. The van der Waals surface area contributed by atoms with Crippen LogP contribution in [0.15, 0.2) is 0 Å². The second kappa shape index (κ2) is 4.87. The molecule has 0 aromatic heterocycles. The van der Waals surface area contributed by atoms with E-state index in [1.807, 2.05) is 0 Å². The molecule has 92 valence electrons. The molecule has 0 aromatic rings. The zero-order chi connectivity index (χ0) is 11.0. The Morgan fingerprint density at radius 3 is 2.75 bits per heavy atom. The van der Waals surface area contributed by atoms with Crippen molar-refractivity contribution in [3.05, 3.63) is 0 Å². The molecule has 16 heavy (non-hydrogen) atoms. The maximum Gasteiger partial charge on any atom is 0.0161 e. The zero-order valence-corrected chi connectivity index (χ0v) is 11.1. The third-order valence-corrected chi connectivity index (χ3v) is 5.66. The third-order valence-electron chi connectivity index (χ3n) is 4.47. The molecule has 2 nitrogen and oxygen atoms in total. The summed E-state index contributed by atoms with van der Waals surface area (Å²) in [5.74, 6) is 3.65. The molecule has 3 atom stereocenters. The normalized spacial score (nSPS) is 40.7. The largest absolute Gasteiger partial charge is 0.314 e. The van der Waals surface area contributed by atoms with Gasteiger partial charge < -0.3 is 5.32 Å². The number of hydrogen-bond donors (Lipinski definition) is 1. The van der Waals surface area contributed by atoms with Gasteiger partial charge in [-0.3, -0.25) is 4.90 Å². The van der Waals surface area contributed by atoms with Crippen molar-refractivity contribution in [2.24, 2.45) is 5.92 Å². The van der Waals surface area contributed by atoms with E-state index < -0.39 is 0 Å². The van der Waals surface area contributed by atoms with E-state index in [-0.39, 0.29) is 0 Å². The fraction of sp³-hybridized carbons (Fsp3) is 1.00. The van der Waals surface area contributed by atoms with Gasteiger partial charge in [0.1, 0.15) is 0 Å². The van der Waals surface area contributed by atoms with E-state index in [0.29, 0.717) is 0 Å². The Morgan fingerprint density at radius 2 is 2.12 bits per heavy atom. The first kappa shape index (κ1) is 11.4. The van der Waals surface area contributed by atoms with E-state index in [2.05, 4.69) is 28.9 Å². The summed E-state index contributed by atoms with van der Waals surface area (Å²) in [6.45, 7) is 5.03. The van der Waals surface area contributed by atoms with Crippen molar-refractivity contribution in [3.8, 4) is 0 Å². The minimum absolute atomic E-state index is 0.812. The summed E-state index contributed by atoms with van der Waals surface area (Å²) in [5, 5.41) is 3.71. The molecule has 0 aromatic carbocycles. The van der Waals surface area contributed by atoms with Crippen LogP contribution in [0, 0.1) is 5.92 Å². The smallest absolute Gasteiger partial charge is 0.0161 e. The summed E-state index contributed by atoms with van der Waals surface area (Å²) in [6, 6.07) is 2.60. The van der Waals surface area contributed by atoms with Crippen LogP contribution in [0.1, 0.15) is 32.6 Å². The highest BCUT2D eigenvalue weighted by molar-refractivity contribution is 7.99. The molecule has 1 heterocycles. The van der Waals surface area contributed by atoms with Gasteiger partial charge in [0, 0.05) is 36.2 Å². The first-order chi connectivity index (χ1) is 7.84. The van der Waals surface area contributed by atoms with Crippen molar-refractivity contribution >= 4 is 11.8 Å². The van der Waals surface area contributed by atoms with Crippen LogP contribution >= 0.6 is 11.8 Å². The average molecular weight is 240 g/mol. The molecule has 3 aliphatic rings. The Bertz CT molecular complexity index is 242. The van der Waals surface area contributed by atoms with Gasteiger partial charge in [-0.05, 0) is 45.1 Å². The number of thioether (sulfide) groups is 1. The molecule has 0 amide bonds. The predicted molar refractivity (Wildman–Crippen MR) is 71.0 cm³/mol. The standard InChI is InChI=1S/C13H24N2S/c1-10-9-16-7-6-15(10)13-5-2-11(13)8-14-12-3-4-12/h10-14H,2-9H2,1H3. The highest BCUT2D eigenvalue weighted by atomic mass is 32.2. The van der Waals surface area contributed by atoms with Crippen molar-refractivity contribution in [3.63, 3.8) is 0 Å². The Hall–Kier alpha value is 0.270. The van der Waals surface area contributed by atoms with Gasteiger partial charge in [0.25, 0.3) is 0 Å². The predicted octanol–water partition coefficient (Wildman–Crippen LogP) is 1.95. The van der Waals surface area contributed by atoms with E-state index in [0.717, 1.165) is 24.0 Å². The average Bonchev–Trinajstić information content (AvgIpc) is 3.04. The summed E-state index contributed by atoms with van der Waals surface area (Å²) >= 11 is 2.13. The van der Waals surface area contributed by atoms with Crippen LogP contribution < -0.4 is 5.32 Å². The van der Waals surface area contributed by atoms with Gasteiger partial charge in [-0.1, -0.05) is 0 Å². The Balaban J connectivity index is 1.48. The third kappa shape index (κ3) is 2.41. The van der Waals surface area contributed by atoms with Crippen LogP contribution in [0.3, 0.4) is 0 Å². The van der Waals surface area contributed by atoms with Gasteiger partial charge in [-0.2, -0.15) is 11.8 Å². The van der Waals surface area contributed by atoms with Crippen LogP contribution in [0.25, 0.3) is 0 Å². The van der Waals surface area contributed by atoms with Gasteiger partial charge in [0.05, 0.1) is 0 Å². The van der Waals surface area contributed by atoms with E-state index in [4.69, 9.17) is 0 Å². The lowest BCUT2D eigenvalue weighted by atomic mass is 9.77. The van der Waals surface area contributed by atoms with Crippen LogP contribution in [-0.4, -0.2) is 47.6 Å². The summed E-state index contributed by atoms with van der Waals surface area (Å²) in [6.07, 6.45) is 5.76. The van der Waals surface area contributed by atoms with Gasteiger partial charge in [-0.15, -0.1) is 0 Å². The quantitative estimate of drug-likeness (QED) is 0.808. The Morgan fingerprint density at radius 1 is 1.25 bits per heavy atom. The van der Waals surface area contributed by atoms with Crippen LogP contribution in [-0.2, 0) is 0 Å². The molecule has 3 fully saturated rings. The summed E-state index contributed by atoms with van der Waals surface area (Å²) in [4.78, 5) is 2.79. The highest BCUT2D eigenvalue weighted by Crippen LogP contribution is 2.35. The van der Waals surface area contributed by atoms with Gasteiger partial charge in [0.2, 0.25) is 0 Å². The molecule has 2 saturated carbocycles. The van der Waals surface area contributed by atoms with E-state index in [9.17, 15) is 0 Å². The van der Waals surface area contributed by atoms with Crippen LogP contribution in [0.4, 0.5) is 0 Å². The lowest BCUT2D eigenvalue weighted by Gasteiger charge is -2.48. The Kier molecular flexibility index (Phi) is 3.46. The van der Waals surface area contributed by atoms with Crippen LogP contribution in [0.5, 0.6) is 0 Å². The SMILES string of the molecule is CC1CSCCN1C1CCC1CNC1CC1. The van der Waals surface area contributed by atoms with E-state index in [1.54, 1.807) is 0 Å². The molecule has 0 spiro atoms. The van der Waals surface area contributed by atoms with Crippen molar-refractivity contribution in [2.75, 3.05) is 24.6 Å². The fourth-order valence-corrected chi connectivity index (χ4v) is 4.10. The number of nitrogens with zero attached hydrogens (tertiary/aromatic N) is 1.